The van der Waals surface area contributed by atoms with Crippen LogP contribution in [0, 0.1) is 0 Å². The van der Waals surface area contributed by atoms with Crippen molar-refractivity contribution in [3.8, 4) is 11.5 Å². The van der Waals surface area contributed by atoms with E-state index in [1.54, 1.807) is 14.2 Å². The van der Waals surface area contributed by atoms with Gasteiger partial charge < -0.3 is 29.7 Å². The second kappa shape index (κ2) is 10.7. The lowest BCUT2D eigenvalue weighted by Crippen LogP contribution is -2.49. The largest absolute Gasteiger partial charge is 0.496 e. The molecule has 0 aromatic heterocycles. The second-order valence-corrected chi connectivity index (χ2v) is 7.85. The molecule has 7 heteroatoms. The second-order valence-electron chi connectivity index (χ2n) is 7.85. The minimum Gasteiger partial charge on any atom is -0.496 e. The first-order valence-corrected chi connectivity index (χ1v) is 10.8. The normalized spacial score (nSPS) is 20.3. The van der Waals surface area contributed by atoms with E-state index in [1.165, 1.54) is 5.56 Å². The average molecular weight is 405 g/mol. The van der Waals surface area contributed by atoms with Gasteiger partial charge in [-0.25, -0.2) is 4.99 Å². The number of guanidine groups is 1. The van der Waals surface area contributed by atoms with E-state index < -0.39 is 0 Å². The van der Waals surface area contributed by atoms with E-state index in [1.807, 2.05) is 0 Å². The van der Waals surface area contributed by atoms with Crippen molar-refractivity contribution < 1.29 is 14.2 Å². The summed E-state index contributed by atoms with van der Waals surface area (Å²) < 4.78 is 16.7. The number of piperidine rings is 1. The number of methoxy groups -OCH3 is 2. The maximum Gasteiger partial charge on any atom is 0.191 e. The maximum absolute atomic E-state index is 5.91. The smallest absolute Gasteiger partial charge is 0.191 e. The third-order valence-electron chi connectivity index (χ3n) is 5.59. The summed E-state index contributed by atoms with van der Waals surface area (Å²) in [5.74, 6) is 2.71. The summed E-state index contributed by atoms with van der Waals surface area (Å²) in [5.41, 5.74) is 2.26. The van der Waals surface area contributed by atoms with Crippen LogP contribution in [0.3, 0.4) is 0 Å². The Balaban J connectivity index is 1.61. The molecule has 2 N–H and O–H groups in total. The standard InChI is InChI=1S/C22H36N4O3/c1-5-23-22(25-19-6-8-26(9-7-19)10-11-27-3)24-15-18-14-21-17(12-16(2)29-21)13-20(18)28-4/h13-14,16,19H,5-12,15H2,1-4H3,(H2,23,24,25). The summed E-state index contributed by atoms with van der Waals surface area (Å²) in [5, 5.41) is 6.99. The van der Waals surface area contributed by atoms with Crippen LogP contribution in [-0.2, 0) is 17.7 Å². The number of likely N-dealkylation sites (tertiary alicyclic amines) is 1. The predicted molar refractivity (Wildman–Crippen MR) is 116 cm³/mol. The summed E-state index contributed by atoms with van der Waals surface area (Å²) in [6, 6.07) is 4.62. The van der Waals surface area contributed by atoms with Crippen molar-refractivity contribution in [1.82, 2.24) is 15.5 Å². The quantitative estimate of drug-likeness (QED) is 0.511. The molecule has 7 nitrogen and oxygen atoms in total. The van der Waals surface area contributed by atoms with Crippen LogP contribution in [-0.4, -0.2) is 70.0 Å². The summed E-state index contributed by atoms with van der Waals surface area (Å²) in [4.78, 5) is 7.29. The lowest BCUT2D eigenvalue weighted by Gasteiger charge is -2.32. The van der Waals surface area contributed by atoms with Crippen molar-refractivity contribution in [2.24, 2.45) is 4.99 Å². The molecule has 0 radical (unpaired) electrons. The predicted octanol–water partition coefficient (Wildman–Crippen LogP) is 2.18. The van der Waals surface area contributed by atoms with Gasteiger partial charge in [-0.3, -0.25) is 0 Å². The Kier molecular flexibility index (Phi) is 8.00. The molecule has 29 heavy (non-hydrogen) atoms. The van der Waals surface area contributed by atoms with Crippen molar-refractivity contribution in [1.29, 1.82) is 0 Å². The van der Waals surface area contributed by atoms with E-state index in [4.69, 9.17) is 19.2 Å². The first-order chi connectivity index (χ1) is 14.1. The molecule has 0 spiro atoms. The van der Waals surface area contributed by atoms with Gasteiger partial charge >= 0.3 is 0 Å². The zero-order valence-corrected chi connectivity index (χ0v) is 18.3. The molecule has 1 aromatic rings. The Bertz CT molecular complexity index is 687. The summed E-state index contributed by atoms with van der Waals surface area (Å²) in [6.45, 7) is 9.57. The van der Waals surface area contributed by atoms with Crippen LogP contribution in [0.15, 0.2) is 17.1 Å². The van der Waals surface area contributed by atoms with E-state index in [0.717, 1.165) is 75.1 Å². The number of fused-ring (bicyclic) bond motifs is 1. The van der Waals surface area contributed by atoms with Crippen molar-refractivity contribution in [3.63, 3.8) is 0 Å². The highest BCUT2D eigenvalue weighted by atomic mass is 16.5. The van der Waals surface area contributed by atoms with Gasteiger partial charge in [-0.1, -0.05) is 0 Å². The minimum atomic E-state index is 0.224. The van der Waals surface area contributed by atoms with Crippen LogP contribution >= 0.6 is 0 Å². The first-order valence-electron chi connectivity index (χ1n) is 10.8. The average Bonchev–Trinajstić information content (AvgIpc) is 3.09. The van der Waals surface area contributed by atoms with Crippen molar-refractivity contribution >= 4 is 5.96 Å². The fourth-order valence-electron chi connectivity index (χ4n) is 3.99. The summed E-state index contributed by atoms with van der Waals surface area (Å²) in [7, 11) is 3.48. The fraction of sp³-hybridized carbons (Fsp3) is 0.682. The molecular formula is C22H36N4O3. The Labute approximate surface area is 174 Å². The van der Waals surface area contributed by atoms with E-state index in [2.05, 4.69) is 41.5 Å². The number of hydrogen-bond donors (Lipinski definition) is 2. The molecule has 2 heterocycles. The van der Waals surface area contributed by atoms with Crippen molar-refractivity contribution in [2.75, 3.05) is 47.0 Å². The van der Waals surface area contributed by atoms with Gasteiger partial charge in [-0.05, 0) is 38.8 Å². The lowest BCUT2D eigenvalue weighted by atomic mass is 10.1. The topological polar surface area (TPSA) is 67.4 Å². The van der Waals surface area contributed by atoms with Crippen LogP contribution in [0.1, 0.15) is 37.8 Å². The zero-order chi connectivity index (χ0) is 20.6. The van der Waals surface area contributed by atoms with Crippen LogP contribution < -0.4 is 20.1 Å². The molecule has 0 amide bonds. The Hall–Kier alpha value is -1.99. The fourth-order valence-corrected chi connectivity index (χ4v) is 3.99. The number of rotatable bonds is 8. The molecule has 162 valence electrons. The van der Waals surface area contributed by atoms with Gasteiger partial charge in [0.1, 0.15) is 17.6 Å². The van der Waals surface area contributed by atoms with E-state index in [0.29, 0.717) is 12.6 Å². The molecule has 1 atom stereocenters. The Morgan fingerprint density at radius 1 is 1.28 bits per heavy atom. The molecule has 0 saturated carbocycles. The number of benzene rings is 1. The van der Waals surface area contributed by atoms with E-state index in [-0.39, 0.29) is 6.10 Å². The summed E-state index contributed by atoms with van der Waals surface area (Å²) >= 11 is 0. The van der Waals surface area contributed by atoms with Crippen molar-refractivity contribution in [3.05, 3.63) is 23.3 Å². The molecule has 3 rings (SSSR count). The molecule has 0 aliphatic carbocycles. The van der Waals surface area contributed by atoms with Gasteiger partial charge in [0.15, 0.2) is 5.96 Å². The lowest BCUT2D eigenvalue weighted by molar-refractivity contribution is 0.128. The minimum absolute atomic E-state index is 0.224. The third kappa shape index (κ3) is 6.00. The van der Waals surface area contributed by atoms with Crippen LogP contribution in [0.25, 0.3) is 0 Å². The van der Waals surface area contributed by atoms with Crippen molar-refractivity contribution in [2.45, 2.75) is 51.8 Å². The zero-order valence-electron chi connectivity index (χ0n) is 18.3. The van der Waals surface area contributed by atoms with E-state index >= 15 is 0 Å². The van der Waals surface area contributed by atoms with Crippen LogP contribution in [0.4, 0.5) is 0 Å². The Morgan fingerprint density at radius 2 is 2.07 bits per heavy atom. The number of nitrogens with zero attached hydrogens (tertiary/aromatic N) is 2. The SMILES string of the molecule is CCNC(=NCc1cc2c(cc1OC)CC(C)O2)NC1CCN(CCOC)CC1. The van der Waals surface area contributed by atoms with Crippen LogP contribution in [0.2, 0.25) is 0 Å². The van der Waals surface area contributed by atoms with Gasteiger partial charge in [0, 0.05) is 56.9 Å². The Morgan fingerprint density at radius 3 is 2.76 bits per heavy atom. The first kappa shape index (κ1) is 21.7. The number of hydrogen-bond acceptors (Lipinski definition) is 5. The van der Waals surface area contributed by atoms with Gasteiger partial charge in [0.2, 0.25) is 0 Å². The third-order valence-corrected chi connectivity index (χ3v) is 5.59. The summed E-state index contributed by atoms with van der Waals surface area (Å²) in [6.07, 6.45) is 3.38. The molecule has 1 saturated heterocycles. The highest BCUT2D eigenvalue weighted by Crippen LogP contribution is 2.35. The van der Waals surface area contributed by atoms with Crippen LogP contribution in [0.5, 0.6) is 11.5 Å². The highest BCUT2D eigenvalue weighted by Gasteiger charge is 2.22. The molecule has 1 aromatic carbocycles. The number of nitrogens with one attached hydrogen (secondary N) is 2. The molecule has 2 aliphatic rings. The van der Waals surface area contributed by atoms with E-state index in [9.17, 15) is 0 Å². The van der Waals surface area contributed by atoms with Gasteiger partial charge in [0.05, 0.1) is 20.3 Å². The molecule has 2 aliphatic heterocycles. The maximum atomic E-state index is 5.91. The van der Waals surface area contributed by atoms with Gasteiger partial charge in [-0.15, -0.1) is 0 Å². The number of aliphatic imine (C=N–C) groups is 1. The molecule has 0 bridgehead atoms. The molecular weight excluding hydrogens is 368 g/mol. The number of ether oxygens (including phenoxy) is 3. The molecule has 1 fully saturated rings. The van der Waals surface area contributed by atoms with Gasteiger partial charge in [-0.2, -0.15) is 0 Å². The monoisotopic (exact) mass is 404 g/mol. The molecule has 1 unspecified atom stereocenters. The van der Waals surface area contributed by atoms with Gasteiger partial charge in [0.25, 0.3) is 0 Å². The highest BCUT2D eigenvalue weighted by molar-refractivity contribution is 5.80.